The van der Waals surface area contributed by atoms with Gasteiger partial charge in [-0.05, 0) is 0 Å². The van der Waals surface area contributed by atoms with Crippen LogP contribution in [0.1, 0.15) is 0 Å². The maximum absolute atomic E-state index is 11.2. The van der Waals surface area contributed by atoms with E-state index < -0.39 is 0 Å². The maximum Gasteiger partial charge on any atom is 0.242 e. The number of piperazine rings is 1. The molecule has 0 aromatic carbocycles. The fourth-order valence-corrected chi connectivity index (χ4v) is 1.17. The van der Waals surface area contributed by atoms with Crippen LogP contribution in [0.15, 0.2) is 12.7 Å². The second-order valence-corrected chi connectivity index (χ2v) is 2.70. The van der Waals surface area contributed by atoms with E-state index in [2.05, 4.69) is 6.58 Å². The number of nitrogens with zero attached hydrogens (tertiary/aromatic N) is 2. The first-order chi connectivity index (χ1) is 5.77. The summed E-state index contributed by atoms with van der Waals surface area (Å²) >= 11 is 0. The maximum atomic E-state index is 11.2. The molecule has 0 aromatic rings. The molecule has 4 nitrogen and oxygen atoms in total. The van der Waals surface area contributed by atoms with E-state index in [0.717, 1.165) is 0 Å². The lowest BCUT2D eigenvalue weighted by Gasteiger charge is -2.31. The van der Waals surface area contributed by atoms with Gasteiger partial charge in [-0.1, -0.05) is 6.08 Å². The van der Waals surface area contributed by atoms with Gasteiger partial charge in [0.1, 0.15) is 0 Å². The van der Waals surface area contributed by atoms with Crippen molar-refractivity contribution in [2.24, 2.45) is 0 Å². The number of carbonyl (C=O) groups excluding carboxylic acids is 2. The van der Waals surface area contributed by atoms with Crippen LogP contribution in [0.4, 0.5) is 0 Å². The number of hydrogen-bond donors (Lipinski definition) is 0. The van der Waals surface area contributed by atoms with Gasteiger partial charge >= 0.3 is 0 Å². The summed E-state index contributed by atoms with van der Waals surface area (Å²) in [6.45, 7) is 5.57. The molecule has 12 heavy (non-hydrogen) atoms. The van der Waals surface area contributed by atoms with E-state index in [1.807, 2.05) is 0 Å². The molecule has 1 aliphatic rings. The van der Waals surface area contributed by atoms with Crippen molar-refractivity contribution in [1.29, 1.82) is 0 Å². The Hall–Kier alpha value is -1.32. The Morgan fingerprint density at radius 2 is 2.25 bits per heavy atom. The molecule has 0 N–H and O–H groups in total. The third-order valence-corrected chi connectivity index (χ3v) is 1.85. The van der Waals surface area contributed by atoms with Gasteiger partial charge in [0.05, 0.1) is 6.54 Å². The number of hydrogen-bond acceptors (Lipinski definition) is 2. The zero-order chi connectivity index (χ0) is 8.97. The van der Waals surface area contributed by atoms with Crippen molar-refractivity contribution < 1.29 is 9.59 Å². The topological polar surface area (TPSA) is 40.6 Å². The van der Waals surface area contributed by atoms with E-state index in [-0.39, 0.29) is 12.5 Å². The molecule has 0 unspecified atom stereocenters. The first-order valence-corrected chi connectivity index (χ1v) is 3.86. The average Bonchev–Trinajstić information content (AvgIpc) is 2.09. The Kier molecular flexibility index (Phi) is 2.85. The predicted molar refractivity (Wildman–Crippen MR) is 44.4 cm³/mol. The van der Waals surface area contributed by atoms with Gasteiger partial charge in [-0.15, -0.1) is 6.58 Å². The van der Waals surface area contributed by atoms with Crippen molar-refractivity contribution in [3.05, 3.63) is 12.7 Å². The highest BCUT2D eigenvalue weighted by Gasteiger charge is 2.21. The summed E-state index contributed by atoms with van der Waals surface area (Å²) in [6.07, 6.45) is 2.40. The van der Waals surface area contributed by atoms with Crippen molar-refractivity contribution in [2.75, 3.05) is 26.2 Å². The standard InChI is InChI=1S/C8H12N2O2/c1-2-3-10-5-4-9(7-11)6-8(10)12/h2,7H,1,3-6H2. The Morgan fingerprint density at radius 3 is 2.75 bits per heavy atom. The second-order valence-electron chi connectivity index (χ2n) is 2.70. The minimum atomic E-state index is -0.00625. The lowest BCUT2D eigenvalue weighted by Crippen LogP contribution is -2.49. The molecule has 1 rings (SSSR count). The summed E-state index contributed by atoms with van der Waals surface area (Å²) in [6, 6.07) is 0. The first kappa shape index (κ1) is 8.77. The quantitative estimate of drug-likeness (QED) is 0.420. The molecular formula is C8H12N2O2. The van der Waals surface area contributed by atoms with Crippen LogP contribution in [-0.2, 0) is 9.59 Å². The van der Waals surface area contributed by atoms with Crippen LogP contribution < -0.4 is 0 Å². The largest absolute Gasteiger partial charge is 0.336 e. The lowest BCUT2D eigenvalue weighted by molar-refractivity contribution is -0.139. The molecule has 2 amide bonds. The summed E-state index contributed by atoms with van der Waals surface area (Å²) in [4.78, 5) is 24.7. The van der Waals surface area contributed by atoms with Crippen LogP contribution in [0.2, 0.25) is 0 Å². The van der Waals surface area contributed by atoms with Gasteiger partial charge in [0.2, 0.25) is 12.3 Å². The second kappa shape index (κ2) is 3.90. The minimum Gasteiger partial charge on any atom is -0.336 e. The van der Waals surface area contributed by atoms with Gasteiger partial charge in [-0.2, -0.15) is 0 Å². The van der Waals surface area contributed by atoms with Crippen molar-refractivity contribution in [3.8, 4) is 0 Å². The van der Waals surface area contributed by atoms with E-state index in [4.69, 9.17) is 0 Å². The van der Waals surface area contributed by atoms with Gasteiger partial charge in [0.25, 0.3) is 0 Å². The van der Waals surface area contributed by atoms with Crippen molar-refractivity contribution >= 4 is 12.3 Å². The van der Waals surface area contributed by atoms with Crippen LogP contribution in [0.25, 0.3) is 0 Å². The van der Waals surface area contributed by atoms with Crippen LogP contribution in [0, 0.1) is 0 Å². The van der Waals surface area contributed by atoms with Crippen molar-refractivity contribution in [1.82, 2.24) is 9.80 Å². The summed E-state index contributed by atoms with van der Waals surface area (Å²) in [7, 11) is 0. The van der Waals surface area contributed by atoms with Gasteiger partial charge in [-0.3, -0.25) is 9.59 Å². The van der Waals surface area contributed by atoms with E-state index in [1.165, 1.54) is 4.90 Å². The first-order valence-electron chi connectivity index (χ1n) is 3.86. The molecule has 66 valence electrons. The zero-order valence-corrected chi connectivity index (χ0v) is 6.90. The normalized spacial score (nSPS) is 17.8. The Bertz CT molecular complexity index is 203. The average molecular weight is 168 g/mol. The number of amides is 2. The van der Waals surface area contributed by atoms with Gasteiger partial charge in [-0.25, -0.2) is 0 Å². The van der Waals surface area contributed by atoms with Crippen LogP contribution >= 0.6 is 0 Å². The molecule has 0 saturated carbocycles. The highest BCUT2D eigenvalue weighted by atomic mass is 16.2. The molecule has 0 aromatic heterocycles. The third kappa shape index (κ3) is 1.84. The van der Waals surface area contributed by atoms with E-state index in [9.17, 15) is 9.59 Å². The Morgan fingerprint density at radius 1 is 1.50 bits per heavy atom. The van der Waals surface area contributed by atoms with E-state index >= 15 is 0 Å². The SMILES string of the molecule is C=CCN1CCN(C=O)CC1=O. The summed E-state index contributed by atoms with van der Waals surface area (Å²) < 4.78 is 0. The molecule has 0 radical (unpaired) electrons. The molecule has 4 heteroatoms. The summed E-state index contributed by atoms with van der Waals surface area (Å²) in [5, 5.41) is 0. The van der Waals surface area contributed by atoms with Crippen LogP contribution in [0.3, 0.4) is 0 Å². The third-order valence-electron chi connectivity index (χ3n) is 1.85. The van der Waals surface area contributed by atoms with Crippen LogP contribution in [0.5, 0.6) is 0 Å². The molecule has 0 aliphatic carbocycles. The summed E-state index contributed by atoms with van der Waals surface area (Å²) in [5.74, 6) is -0.00625. The van der Waals surface area contributed by atoms with Crippen molar-refractivity contribution in [2.45, 2.75) is 0 Å². The summed E-state index contributed by atoms with van der Waals surface area (Å²) in [5.41, 5.74) is 0. The van der Waals surface area contributed by atoms with Gasteiger partial charge < -0.3 is 9.80 Å². The Labute approximate surface area is 71.4 Å². The van der Waals surface area contributed by atoms with Gasteiger partial charge in [0.15, 0.2) is 0 Å². The fourth-order valence-electron chi connectivity index (χ4n) is 1.17. The highest BCUT2D eigenvalue weighted by Crippen LogP contribution is 2.00. The number of carbonyl (C=O) groups is 2. The van der Waals surface area contributed by atoms with Crippen LogP contribution in [-0.4, -0.2) is 48.3 Å². The molecule has 1 aliphatic heterocycles. The van der Waals surface area contributed by atoms with E-state index in [1.54, 1.807) is 11.0 Å². The predicted octanol–water partition coefficient (Wildman–Crippen LogP) is -0.527. The lowest BCUT2D eigenvalue weighted by atomic mass is 10.3. The van der Waals surface area contributed by atoms with Gasteiger partial charge in [0, 0.05) is 19.6 Å². The number of rotatable bonds is 3. The monoisotopic (exact) mass is 168 g/mol. The Balaban J connectivity index is 2.47. The highest BCUT2D eigenvalue weighted by molar-refractivity contribution is 5.81. The van der Waals surface area contributed by atoms with E-state index in [0.29, 0.717) is 26.0 Å². The molecule has 0 atom stereocenters. The molecule has 0 spiro atoms. The fraction of sp³-hybridized carbons (Fsp3) is 0.500. The minimum absolute atomic E-state index is 0.00625. The molecule has 1 heterocycles. The molecule has 1 saturated heterocycles. The smallest absolute Gasteiger partial charge is 0.242 e. The molecule has 0 bridgehead atoms. The van der Waals surface area contributed by atoms with Crippen molar-refractivity contribution in [3.63, 3.8) is 0 Å². The zero-order valence-electron chi connectivity index (χ0n) is 6.90. The molecular weight excluding hydrogens is 156 g/mol. The molecule has 1 fully saturated rings.